The van der Waals surface area contributed by atoms with Gasteiger partial charge in [0.25, 0.3) is 0 Å². The van der Waals surface area contributed by atoms with Crippen LogP contribution in [0.15, 0.2) is 30.5 Å². The first-order valence-corrected chi connectivity index (χ1v) is 6.74. The minimum absolute atomic E-state index is 0.0296. The number of esters is 1. The van der Waals surface area contributed by atoms with Gasteiger partial charge in [0.05, 0.1) is 6.54 Å². The molecule has 0 saturated heterocycles. The van der Waals surface area contributed by atoms with Crippen molar-refractivity contribution in [3.63, 3.8) is 0 Å². The molecule has 0 radical (unpaired) electrons. The standard InChI is InChI=1S/C15H21N3O4/c1-11(2)9-22-15(20)18(4)14-12(6-5-7-17-14)10-21-13(19)8-16-3/h5-7,16H,1,8-10H2,2-4H3. The van der Waals surface area contributed by atoms with Crippen LogP contribution in [0, 0.1) is 0 Å². The summed E-state index contributed by atoms with van der Waals surface area (Å²) >= 11 is 0. The molecule has 1 aromatic heterocycles. The summed E-state index contributed by atoms with van der Waals surface area (Å²) in [6, 6.07) is 3.44. The van der Waals surface area contributed by atoms with E-state index in [4.69, 9.17) is 9.47 Å². The Morgan fingerprint density at radius 1 is 1.41 bits per heavy atom. The Hall–Kier alpha value is -2.41. The first kappa shape index (κ1) is 17.6. The Balaban J connectivity index is 2.75. The second-order valence-electron chi connectivity index (χ2n) is 4.75. The van der Waals surface area contributed by atoms with Crippen molar-refractivity contribution in [2.45, 2.75) is 13.5 Å². The van der Waals surface area contributed by atoms with Gasteiger partial charge in [-0.2, -0.15) is 0 Å². The molecule has 0 aliphatic rings. The largest absolute Gasteiger partial charge is 0.460 e. The zero-order valence-corrected chi connectivity index (χ0v) is 13.1. The van der Waals surface area contributed by atoms with E-state index in [0.717, 1.165) is 5.57 Å². The molecule has 1 heterocycles. The third-order valence-corrected chi connectivity index (χ3v) is 2.61. The second kappa shape index (κ2) is 8.78. The molecule has 0 aromatic carbocycles. The smallest absolute Gasteiger partial charge is 0.415 e. The van der Waals surface area contributed by atoms with Gasteiger partial charge in [-0.15, -0.1) is 0 Å². The molecule has 0 fully saturated rings. The topological polar surface area (TPSA) is 80.8 Å². The van der Waals surface area contributed by atoms with Gasteiger partial charge in [0.2, 0.25) is 0 Å². The number of anilines is 1. The first-order chi connectivity index (χ1) is 10.5. The quantitative estimate of drug-likeness (QED) is 0.607. The predicted octanol–water partition coefficient (Wildman–Crippen LogP) is 1.49. The Morgan fingerprint density at radius 3 is 2.77 bits per heavy atom. The number of carbonyl (C=O) groups is 2. The van der Waals surface area contributed by atoms with Crippen molar-refractivity contribution in [1.29, 1.82) is 0 Å². The van der Waals surface area contributed by atoms with Crippen molar-refractivity contribution in [2.75, 3.05) is 32.1 Å². The minimum Gasteiger partial charge on any atom is -0.460 e. The van der Waals surface area contributed by atoms with Crippen molar-refractivity contribution in [3.05, 3.63) is 36.0 Å². The van der Waals surface area contributed by atoms with Gasteiger partial charge < -0.3 is 14.8 Å². The minimum atomic E-state index is -0.551. The van der Waals surface area contributed by atoms with Crippen molar-refractivity contribution < 1.29 is 19.1 Å². The highest BCUT2D eigenvalue weighted by atomic mass is 16.6. The lowest BCUT2D eigenvalue weighted by Gasteiger charge is -2.19. The van der Waals surface area contributed by atoms with Crippen molar-refractivity contribution in [2.24, 2.45) is 0 Å². The lowest BCUT2D eigenvalue weighted by atomic mass is 10.2. The maximum Gasteiger partial charge on any atom is 0.415 e. The van der Waals surface area contributed by atoms with Crippen LogP contribution < -0.4 is 10.2 Å². The number of aromatic nitrogens is 1. The van der Waals surface area contributed by atoms with Gasteiger partial charge in [-0.3, -0.25) is 9.69 Å². The van der Waals surface area contributed by atoms with E-state index in [1.165, 1.54) is 4.90 Å². The molecule has 0 aliphatic heterocycles. The summed E-state index contributed by atoms with van der Waals surface area (Å²) in [6.45, 7) is 5.72. The molecule has 0 bridgehead atoms. The van der Waals surface area contributed by atoms with Crippen molar-refractivity contribution >= 4 is 17.9 Å². The summed E-state index contributed by atoms with van der Waals surface area (Å²) in [5.41, 5.74) is 1.35. The van der Waals surface area contributed by atoms with Gasteiger partial charge in [0, 0.05) is 18.8 Å². The molecule has 0 atom stereocenters. The molecule has 0 spiro atoms. The summed E-state index contributed by atoms with van der Waals surface area (Å²) in [6.07, 6.45) is 1.00. The fourth-order valence-corrected chi connectivity index (χ4v) is 1.57. The third-order valence-electron chi connectivity index (χ3n) is 2.61. The van der Waals surface area contributed by atoms with Crippen molar-refractivity contribution in [1.82, 2.24) is 10.3 Å². The highest BCUT2D eigenvalue weighted by Gasteiger charge is 2.17. The van der Waals surface area contributed by atoms with Crippen LogP contribution in [0.1, 0.15) is 12.5 Å². The first-order valence-electron chi connectivity index (χ1n) is 6.74. The number of rotatable bonds is 7. The Kier molecular flexibility index (Phi) is 7.04. The summed E-state index contributed by atoms with van der Waals surface area (Å²) in [4.78, 5) is 28.7. The lowest BCUT2D eigenvalue weighted by molar-refractivity contribution is -0.143. The molecule has 22 heavy (non-hydrogen) atoms. The summed E-state index contributed by atoms with van der Waals surface area (Å²) < 4.78 is 10.2. The number of amides is 1. The van der Waals surface area contributed by atoms with E-state index in [1.807, 2.05) is 0 Å². The van der Waals surface area contributed by atoms with Crippen LogP contribution in [0.25, 0.3) is 0 Å². The molecule has 7 nitrogen and oxygen atoms in total. The number of nitrogens with one attached hydrogen (secondary N) is 1. The zero-order chi connectivity index (χ0) is 16.5. The number of carbonyl (C=O) groups excluding carboxylic acids is 2. The monoisotopic (exact) mass is 307 g/mol. The van der Waals surface area contributed by atoms with E-state index in [2.05, 4.69) is 16.9 Å². The number of hydrogen-bond acceptors (Lipinski definition) is 6. The van der Waals surface area contributed by atoms with Crippen LogP contribution in [0.5, 0.6) is 0 Å². The molecule has 0 aliphatic carbocycles. The highest BCUT2D eigenvalue weighted by Crippen LogP contribution is 2.17. The number of likely N-dealkylation sites (N-methyl/N-ethyl adjacent to an activating group) is 1. The third kappa shape index (κ3) is 5.53. The molecule has 1 amide bonds. The molecular formula is C15H21N3O4. The maximum absolute atomic E-state index is 11.9. The van der Waals surface area contributed by atoms with E-state index in [1.54, 1.807) is 39.3 Å². The zero-order valence-electron chi connectivity index (χ0n) is 13.1. The number of hydrogen-bond donors (Lipinski definition) is 1. The van der Waals surface area contributed by atoms with Crippen LogP contribution >= 0.6 is 0 Å². The molecule has 0 unspecified atom stereocenters. The van der Waals surface area contributed by atoms with Gasteiger partial charge >= 0.3 is 12.1 Å². The SMILES string of the molecule is C=C(C)COC(=O)N(C)c1ncccc1COC(=O)CNC. The van der Waals surface area contributed by atoms with Gasteiger partial charge in [0.1, 0.15) is 19.0 Å². The van der Waals surface area contributed by atoms with Gasteiger partial charge in [0.15, 0.2) is 0 Å². The molecule has 120 valence electrons. The van der Waals surface area contributed by atoms with Crippen molar-refractivity contribution in [3.8, 4) is 0 Å². The Morgan fingerprint density at radius 2 is 2.14 bits per heavy atom. The average Bonchev–Trinajstić information content (AvgIpc) is 2.50. The molecular weight excluding hydrogens is 286 g/mol. The average molecular weight is 307 g/mol. The van der Waals surface area contributed by atoms with Gasteiger partial charge in [-0.05, 0) is 25.6 Å². The van der Waals surface area contributed by atoms with Crippen LogP contribution in [-0.4, -0.2) is 44.3 Å². The van der Waals surface area contributed by atoms with Gasteiger partial charge in [-0.1, -0.05) is 12.6 Å². The fraction of sp³-hybridized carbons (Fsp3) is 0.400. The lowest BCUT2D eigenvalue weighted by Crippen LogP contribution is -2.29. The highest BCUT2D eigenvalue weighted by molar-refractivity contribution is 5.86. The van der Waals surface area contributed by atoms with E-state index in [-0.39, 0.29) is 25.7 Å². The van der Waals surface area contributed by atoms with Crippen LogP contribution in [0.4, 0.5) is 10.6 Å². The summed E-state index contributed by atoms with van der Waals surface area (Å²) in [7, 11) is 3.20. The Labute approximate surface area is 129 Å². The molecule has 1 aromatic rings. The van der Waals surface area contributed by atoms with E-state index in [0.29, 0.717) is 11.4 Å². The normalized spacial score (nSPS) is 9.95. The molecule has 1 N–H and O–H groups in total. The van der Waals surface area contributed by atoms with Gasteiger partial charge in [-0.25, -0.2) is 9.78 Å². The van der Waals surface area contributed by atoms with E-state index in [9.17, 15) is 9.59 Å². The van der Waals surface area contributed by atoms with Crippen LogP contribution in [0.2, 0.25) is 0 Å². The molecule has 1 rings (SSSR count). The Bertz CT molecular complexity index is 545. The number of pyridine rings is 1. The van der Waals surface area contributed by atoms with E-state index < -0.39 is 6.09 Å². The molecule has 7 heteroatoms. The number of nitrogens with zero attached hydrogens (tertiary/aromatic N) is 2. The predicted molar refractivity (Wildman–Crippen MR) is 82.5 cm³/mol. The fourth-order valence-electron chi connectivity index (χ4n) is 1.57. The number of ether oxygens (including phenoxy) is 2. The molecule has 0 saturated carbocycles. The summed E-state index contributed by atoms with van der Waals surface area (Å²) in [5, 5.41) is 2.70. The van der Waals surface area contributed by atoms with Crippen LogP contribution in [0.3, 0.4) is 0 Å². The van der Waals surface area contributed by atoms with E-state index >= 15 is 0 Å². The second-order valence-corrected chi connectivity index (χ2v) is 4.75. The van der Waals surface area contributed by atoms with Crippen LogP contribution in [-0.2, 0) is 20.9 Å². The summed E-state index contributed by atoms with van der Waals surface area (Å²) in [5.74, 6) is -0.00344. The maximum atomic E-state index is 11.9.